The molecule has 28 heavy (non-hydrogen) atoms. The minimum absolute atomic E-state index is 0.192. The van der Waals surface area contributed by atoms with Crippen molar-refractivity contribution in [2.75, 3.05) is 19.8 Å². The predicted octanol–water partition coefficient (Wildman–Crippen LogP) is 3.75. The van der Waals surface area contributed by atoms with Crippen molar-refractivity contribution in [1.82, 2.24) is 10.3 Å². The van der Waals surface area contributed by atoms with Crippen molar-refractivity contribution >= 4 is 5.91 Å². The first-order valence-corrected chi connectivity index (χ1v) is 9.96. The van der Waals surface area contributed by atoms with Gasteiger partial charge < -0.3 is 19.5 Å². The van der Waals surface area contributed by atoms with Crippen LogP contribution < -0.4 is 14.8 Å². The Hall–Kier alpha value is -2.60. The van der Waals surface area contributed by atoms with Crippen molar-refractivity contribution in [3.8, 4) is 11.6 Å². The van der Waals surface area contributed by atoms with Crippen LogP contribution >= 0.6 is 0 Å². The Morgan fingerprint density at radius 1 is 1.14 bits per heavy atom. The van der Waals surface area contributed by atoms with Crippen molar-refractivity contribution in [3.05, 3.63) is 53.7 Å². The number of benzene rings is 1. The molecule has 0 atom stereocenters. The Labute approximate surface area is 166 Å². The molecule has 0 unspecified atom stereocenters. The van der Waals surface area contributed by atoms with Gasteiger partial charge in [-0.05, 0) is 50.8 Å². The van der Waals surface area contributed by atoms with Gasteiger partial charge in [0.05, 0.1) is 12.2 Å². The second kappa shape index (κ2) is 10.7. The van der Waals surface area contributed by atoms with Crippen LogP contribution in [0.25, 0.3) is 0 Å². The molecule has 1 aromatic carbocycles. The van der Waals surface area contributed by atoms with Crippen LogP contribution in [-0.2, 0) is 11.3 Å². The van der Waals surface area contributed by atoms with E-state index in [9.17, 15) is 4.79 Å². The van der Waals surface area contributed by atoms with Crippen molar-refractivity contribution in [1.29, 1.82) is 0 Å². The molecule has 1 aliphatic rings. The first-order valence-electron chi connectivity index (χ1n) is 9.96. The molecule has 150 valence electrons. The van der Waals surface area contributed by atoms with Gasteiger partial charge in [0.15, 0.2) is 0 Å². The maximum absolute atomic E-state index is 12.7. The van der Waals surface area contributed by atoms with Gasteiger partial charge in [-0.1, -0.05) is 18.2 Å². The van der Waals surface area contributed by atoms with Crippen molar-refractivity contribution < 1.29 is 19.0 Å². The zero-order chi connectivity index (χ0) is 19.6. The summed E-state index contributed by atoms with van der Waals surface area (Å²) >= 11 is 0. The van der Waals surface area contributed by atoms with Gasteiger partial charge >= 0.3 is 0 Å². The summed E-state index contributed by atoms with van der Waals surface area (Å²) in [6.07, 6.45) is 6.47. The molecule has 6 nitrogen and oxygen atoms in total. The number of amides is 1. The molecular formula is C22H28N2O4. The molecule has 1 N–H and O–H groups in total. The number of rotatable bonds is 10. The van der Waals surface area contributed by atoms with Crippen molar-refractivity contribution in [2.45, 2.75) is 45.3 Å². The second-order valence-corrected chi connectivity index (χ2v) is 6.72. The van der Waals surface area contributed by atoms with Crippen LogP contribution in [0.2, 0.25) is 0 Å². The van der Waals surface area contributed by atoms with Gasteiger partial charge in [-0.25, -0.2) is 4.98 Å². The molecule has 0 saturated heterocycles. The summed E-state index contributed by atoms with van der Waals surface area (Å²) in [4.78, 5) is 17.1. The lowest BCUT2D eigenvalue weighted by molar-refractivity contribution is 0.0933. The maximum Gasteiger partial charge on any atom is 0.255 e. The summed E-state index contributed by atoms with van der Waals surface area (Å²) in [6, 6.07) is 11.0. The van der Waals surface area contributed by atoms with Crippen LogP contribution in [0.4, 0.5) is 0 Å². The first-order chi connectivity index (χ1) is 13.8. The minimum Gasteiger partial charge on any atom is -0.490 e. The zero-order valence-corrected chi connectivity index (χ0v) is 16.4. The lowest BCUT2D eigenvalue weighted by Gasteiger charge is -2.16. The topological polar surface area (TPSA) is 69.7 Å². The third-order valence-corrected chi connectivity index (χ3v) is 4.69. The van der Waals surface area contributed by atoms with E-state index >= 15 is 0 Å². The van der Waals surface area contributed by atoms with Gasteiger partial charge in [-0.15, -0.1) is 0 Å². The van der Waals surface area contributed by atoms with E-state index < -0.39 is 0 Å². The Kier molecular flexibility index (Phi) is 7.67. The van der Waals surface area contributed by atoms with Gasteiger partial charge in [0.1, 0.15) is 18.5 Å². The Bertz CT molecular complexity index is 760. The fourth-order valence-corrected chi connectivity index (χ4v) is 3.23. The molecule has 0 radical (unpaired) electrons. The van der Waals surface area contributed by atoms with Crippen LogP contribution in [0.3, 0.4) is 0 Å². The number of nitrogens with zero attached hydrogens (tertiary/aromatic N) is 1. The molecule has 1 amide bonds. The van der Waals surface area contributed by atoms with Gasteiger partial charge in [0.25, 0.3) is 5.91 Å². The average molecular weight is 384 g/mol. The summed E-state index contributed by atoms with van der Waals surface area (Å²) in [5.74, 6) is 0.965. The van der Waals surface area contributed by atoms with Gasteiger partial charge in [0, 0.05) is 24.9 Å². The molecule has 6 heteroatoms. The number of aromatic nitrogens is 1. The number of carbonyl (C=O) groups excluding carboxylic acids is 1. The van der Waals surface area contributed by atoms with Crippen LogP contribution in [0, 0.1) is 0 Å². The number of carbonyl (C=O) groups is 1. The summed E-state index contributed by atoms with van der Waals surface area (Å²) in [6.45, 7) is 3.82. The van der Waals surface area contributed by atoms with E-state index in [1.807, 2.05) is 31.2 Å². The molecule has 0 aliphatic heterocycles. The Balaban J connectivity index is 1.60. The molecule has 1 saturated carbocycles. The van der Waals surface area contributed by atoms with Gasteiger partial charge in [-0.2, -0.15) is 0 Å². The highest BCUT2D eigenvalue weighted by atomic mass is 16.5. The monoisotopic (exact) mass is 384 g/mol. The maximum atomic E-state index is 12.7. The molecule has 1 aromatic heterocycles. The first kappa shape index (κ1) is 20.1. The van der Waals surface area contributed by atoms with E-state index in [0.29, 0.717) is 43.6 Å². The molecule has 0 spiro atoms. The normalized spacial score (nSPS) is 14.0. The number of nitrogens with one attached hydrogen (secondary N) is 1. The fourth-order valence-electron chi connectivity index (χ4n) is 3.23. The molecule has 3 rings (SSSR count). The zero-order valence-electron chi connectivity index (χ0n) is 16.4. The lowest BCUT2D eigenvalue weighted by atomic mass is 10.2. The molecule has 1 aliphatic carbocycles. The Morgan fingerprint density at radius 2 is 1.96 bits per heavy atom. The number of hydrogen-bond acceptors (Lipinski definition) is 5. The number of ether oxygens (including phenoxy) is 3. The third-order valence-electron chi connectivity index (χ3n) is 4.69. The highest BCUT2D eigenvalue weighted by Crippen LogP contribution is 2.25. The Morgan fingerprint density at radius 3 is 2.79 bits per heavy atom. The molecule has 1 heterocycles. The number of pyridine rings is 1. The van der Waals surface area contributed by atoms with Crippen LogP contribution in [0.1, 0.15) is 48.5 Å². The van der Waals surface area contributed by atoms with E-state index in [4.69, 9.17) is 14.2 Å². The van der Waals surface area contributed by atoms with Gasteiger partial charge in [0.2, 0.25) is 5.88 Å². The fraction of sp³-hybridized carbons (Fsp3) is 0.455. The smallest absolute Gasteiger partial charge is 0.255 e. The van der Waals surface area contributed by atoms with E-state index in [-0.39, 0.29) is 12.0 Å². The average Bonchev–Trinajstić information content (AvgIpc) is 3.24. The summed E-state index contributed by atoms with van der Waals surface area (Å²) in [5.41, 5.74) is 1.37. The quantitative estimate of drug-likeness (QED) is 0.632. The highest BCUT2D eigenvalue weighted by molar-refractivity contribution is 5.96. The second-order valence-electron chi connectivity index (χ2n) is 6.72. The molecule has 0 bridgehead atoms. The van der Waals surface area contributed by atoms with Crippen LogP contribution in [0.5, 0.6) is 11.6 Å². The standard InChI is InChI=1S/C22H28N2O4/c1-2-26-14-15-27-20-12-6-5-11-19(20)21(25)24-16-17-8-7-13-23-22(17)28-18-9-3-4-10-18/h5-8,11-13,18H,2-4,9-10,14-16H2,1H3,(H,24,25). The lowest BCUT2D eigenvalue weighted by Crippen LogP contribution is -2.24. The van der Waals surface area contributed by atoms with Crippen molar-refractivity contribution in [2.24, 2.45) is 0 Å². The molecule has 2 aromatic rings. The summed E-state index contributed by atoms with van der Waals surface area (Å²) < 4.78 is 17.0. The highest BCUT2D eigenvalue weighted by Gasteiger charge is 2.19. The number of hydrogen-bond donors (Lipinski definition) is 1. The van der Waals surface area contributed by atoms with E-state index in [0.717, 1.165) is 18.4 Å². The molecule has 1 fully saturated rings. The van der Waals surface area contributed by atoms with Gasteiger partial charge in [-0.3, -0.25) is 4.79 Å². The van der Waals surface area contributed by atoms with E-state index in [2.05, 4.69) is 10.3 Å². The third kappa shape index (κ3) is 5.70. The minimum atomic E-state index is -0.192. The predicted molar refractivity (Wildman–Crippen MR) is 107 cm³/mol. The molecular weight excluding hydrogens is 356 g/mol. The summed E-state index contributed by atoms with van der Waals surface area (Å²) in [5, 5.41) is 2.95. The van der Waals surface area contributed by atoms with E-state index in [1.54, 1.807) is 18.3 Å². The van der Waals surface area contributed by atoms with E-state index in [1.165, 1.54) is 12.8 Å². The summed E-state index contributed by atoms with van der Waals surface area (Å²) in [7, 11) is 0. The number of para-hydroxylation sites is 1. The SMILES string of the molecule is CCOCCOc1ccccc1C(=O)NCc1cccnc1OC1CCCC1. The van der Waals surface area contributed by atoms with Crippen molar-refractivity contribution in [3.63, 3.8) is 0 Å². The van der Waals surface area contributed by atoms with Crippen LogP contribution in [-0.4, -0.2) is 36.8 Å². The largest absolute Gasteiger partial charge is 0.490 e. The van der Waals surface area contributed by atoms with Crippen LogP contribution in [0.15, 0.2) is 42.6 Å².